The van der Waals surface area contributed by atoms with Crippen molar-refractivity contribution in [2.24, 2.45) is 0 Å². The Labute approximate surface area is 119 Å². The third-order valence-corrected chi connectivity index (χ3v) is 3.34. The molecule has 1 aliphatic heterocycles. The molecule has 0 saturated carbocycles. The van der Waals surface area contributed by atoms with Crippen LogP contribution in [0.5, 0.6) is 0 Å². The van der Waals surface area contributed by atoms with Crippen molar-refractivity contribution < 1.29 is 14.3 Å². The van der Waals surface area contributed by atoms with Crippen molar-refractivity contribution in [2.75, 3.05) is 30.8 Å². The minimum absolute atomic E-state index is 0.335. The van der Waals surface area contributed by atoms with Crippen LogP contribution in [0.15, 0.2) is 18.2 Å². The molecule has 110 valence electrons. The van der Waals surface area contributed by atoms with Crippen molar-refractivity contribution in [2.45, 2.75) is 32.3 Å². The van der Waals surface area contributed by atoms with Crippen LogP contribution in [0.4, 0.5) is 11.4 Å². The van der Waals surface area contributed by atoms with E-state index >= 15 is 0 Å². The Hall–Kier alpha value is -1.75. The summed E-state index contributed by atoms with van der Waals surface area (Å²) in [6.45, 7) is 3.76. The number of rotatable bonds is 6. The van der Waals surface area contributed by atoms with E-state index in [-0.39, 0.29) is 5.97 Å². The molecule has 0 amide bonds. The summed E-state index contributed by atoms with van der Waals surface area (Å²) < 4.78 is 10.6. The number of anilines is 2. The van der Waals surface area contributed by atoms with Crippen molar-refractivity contribution in [3.8, 4) is 0 Å². The summed E-state index contributed by atoms with van der Waals surface area (Å²) in [6.07, 6.45) is 3.53. The first-order chi connectivity index (χ1) is 9.70. The lowest BCUT2D eigenvalue weighted by atomic mass is 10.1. The van der Waals surface area contributed by atoms with Gasteiger partial charge in [-0.05, 0) is 44.4 Å². The van der Waals surface area contributed by atoms with E-state index in [1.807, 2.05) is 6.07 Å². The molecule has 5 nitrogen and oxygen atoms in total. The molecular weight excluding hydrogens is 256 g/mol. The van der Waals surface area contributed by atoms with Gasteiger partial charge in [0.1, 0.15) is 0 Å². The fraction of sp³-hybridized carbons (Fsp3) is 0.533. The van der Waals surface area contributed by atoms with E-state index in [0.717, 1.165) is 38.1 Å². The van der Waals surface area contributed by atoms with Gasteiger partial charge in [0.15, 0.2) is 0 Å². The number of esters is 1. The van der Waals surface area contributed by atoms with Crippen LogP contribution in [0.3, 0.4) is 0 Å². The molecular formula is C15H22N2O3. The lowest BCUT2D eigenvalue weighted by Gasteiger charge is -2.14. The molecule has 1 aromatic carbocycles. The minimum atomic E-state index is -0.348. The zero-order valence-corrected chi connectivity index (χ0v) is 11.9. The highest BCUT2D eigenvalue weighted by Crippen LogP contribution is 2.21. The average Bonchev–Trinajstić information content (AvgIpc) is 2.94. The summed E-state index contributed by atoms with van der Waals surface area (Å²) in [5.74, 6) is -0.348. The normalized spacial score (nSPS) is 17.9. The maximum atomic E-state index is 11.9. The molecule has 0 aromatic heterocycles. The largest absolute Gasteiger partial charge is 0.462 e. The quantitative estimate of drug-likeness (QED) is 0.617. The standard InChI is InChI=1S/C15H22N2O3/c1-2-19-15(18)13-10-11(16)5-6-14(13)17-8-7-12-4-3-9-20-12/h5-6,10,12,17H,2-4,7-9,16H2,1H3. The second kappa shape index (κ2) is 7.14. The number of nitrogen functional groups attached to an aromatic ring is 1. The molecule has 0 aliphatic carbocycles. The second-order valence-corrected chi connectivity index (χ2v) is 4.88. The Balaban J connectivity index is 1.96. The second-order valence-electron chi connectivity index (χ2n) is 4.88. The minimum Gasteiger partial charge on any atom is -0.462 e. The Bertz CT molecular complexity index is 456. The Morgan fingerprint density at radius 1 is 1.55 bits per heavy atom. The zero-order chi connectivity index (χ0) is 14.4. The van der Waals surface area contributed by atoms with Gasteiger partial charge >= 0.3 is 5.97 Å². The maximum absolute atomic E-state index is 11.9. The van der Waals surface area contributed by atoms with Crippen LogP contribution in [0.25, 0.3) is 0 Å². The van der Waals surface area contributed by atoms with Crippen LogP contribution >= 0.6 is 0 Å². The van der Waals surface area contributed by atoms with Crippen molar-refractivity contribution >= 4 is 17.3 Å². The van der Waals surface area contributed by atoms with E-state index in [4.69, 9.17) is 15.2 Å². The summed E-state index contributed by atoms with van der Waals surface area (Å²) in [6, 6.07) is 5.24. The summed E-state index contributed by atoms with van der Waals surface area (Å²) in [5.41, 5.74) is 7.53. The van der Waals surface area contributed by atoms with Crippen LogP contribution < -0.4 is 11.1 Å². The summed E-state index contributed by atoms with van der Waals surface area (Å²) >= 11 is 0. The maximum Gasteiger partial charge on any atom is 0.340 e. The first-order valence-corrected chi connectivity index (χ1v) is 7.13. The van der Waals surface area contributed by atoms with Gasteiger partial charge in [-0.1, -0.05) is 0 Å². The van der Waals surface area contributed by atoms with Crippen molar-refractivity contribution in [3.05, 3.63) is 23.8 Å². The lowest BCUT2D eigenvalue weighted by molar-refractivity contribution is 0.0527. The van der Waals surface area contributed by atoms with Gasteiger partial charge in [-0.3, -0.25) is 0 Å². The van der Waals surface area contributed by atoms with E-state index in [9.17, 15) is 4.79 Å². The molecule has 0 bridgehead atoms. The Kier molecular flexibility index (Phi) is 5.24. The number of nitrogens with one attached hydrogen (secondary N) is 1. The van der Waals surface area contributed by atoms with Crippen LogP contribution in [-0.2, 0) is 9.47 Å². The molecule has 1 unspecified atom stereocenters. The Morgan fingerprint density at radius 2 is 2.40 bits per heavy atom. The first-order valence-electron chi connectivity index (χ1n) is 7.13. The monoisotopic (exact) mass is 278 g/mol. The van der Waals surface area contributed by atoms with Crippen LogP contribution in [0, 0.1) is 0 Å². The lowest BCUT2D eigenvalue weighted by Crippen LogP contribution is -2.15. The number of carbonyl (C=O) groups is 1. The van der Waals surface area contributed by atoms with Gasteiger partial charge < -0.3 is 20.5 Å². The van der Waals surface area contributed by atoms with Gasteiger partial charge in [0.25, 0.3) is 0 Å². The van der Waals surface area contributed by atoms with Gasteiger partial charge in [0, 0.05) is 24.5 Å². The molecule has 2 rings (SSSR count). The van der Waals surface area contributed by atoms with Crippen molar-refractivity contribution in [1.82, 2.24) is 0 Å². The van der Waals surface area contributed by atoms with E-state index in [2.05, 4.69) is 5.32 Å². The van der Waals surface area contributed by atoms with E-state index in [1.165, 1.54) is 0 Å². The number of carbonyl (C=O) groups excluding carboxylic acids is 1. The van der Waals surface area contributed by atoms with Gasteiger partial charge in [0.05, 0.1) is 18.3 Å². The zero-order valence-electron chi connectivity index (χ0n) is 11.9. The van der Waals surface area contributed by atoms with Gasteiger partial charge in [-0.15, -0.1) is 0 Å². The predicted molar refractivity (Wildman–Crippen MR) is 78.9 cm³/mol. The average molecular weight is 278 g/mol. The van der Waals surface area contributed by atoms with Gasteiger partial charge in [-0.2, -0.15) is 0 Å². The number of benzene rings is 1. The molecule has 1 fully saturated rings. The number of hydrogen-bond acceptors (Lipinski definition) is 5. The fourth-order valence-corrected chi connectivity index (χ4v) is 2.33. The van der Waals surface area contributed by atoms with Crippen LogP contribution in [0.2, 0.25) is 0 Å². The third kappa shape index (κ3) is 3.87. The smallest absolute Gasteiger partial charge is 0.340 e. The molecule has 0 spiro atoms. The van der Waals surface area contributed by atoms with E-state index < -0.39 is 0 Å². The predicted octanol–water partition coefficient (Wildman–Crippen LogP) is 2.43. The SMILES string of the molecule is CCOC(=O)c1cc(N)ccc1NCCC1CCCO1. The van der Waals surface area contributed by atoms with Gasteiger partial charge in [0.2, 0.25) is 0 Å². The van der Waals surface area contributed by atoms with E-state index in [1.54, 1.807) is 19.1 Å². The van der Waals surface area contributed by atoms with Crippen molar-refractivity contribution in [3.63, 3.8) is 0 Å². The topological polar surface area (TPSA) is 73.6 Å². The fourth-order valence-electron chi connectivity index (χ4n) is 2.33. The first kappa shape index (κ1) is 14.7. The summed E-state index contributed by atoms with van der Waals surface area (Å²) in [4.78, 5) is 11.9. The summed E-state index contributed by atoms with van der Waals surface area (Å²) in [7, 11) is 0. The molecule has 1 atom stereocenters. The number of nitrogens with two attached hydrogens (primary N) is 1. The van der Waals surface area contributed by atoms with Crippen LogP contribution in [0.1, 0.15) is 36.5 Å². The molecule has 5 heteroatoms. The van der Waals surface area contributed by atoms with Crippen molar-refractivity contribution in [1.29, 1.82) is 0 Å². The molecule has 3 N–H and O–H groups in total. The molecule has 20 heavy (non-hydrogen) atoms. The Morgan fingerprint density at radius 3 is 3.10 bits per heavy atom. The highest BCUT2D eigenvalue weighted by molar-refractivity contribution is 5.96. The highest BCUT2D eigenvalue weighted by Gasteiger charge is 2.16. The summed E-state index contributed by atoms with van der Waals surface area (Å²) in [5, 5.41) is 3.27. The molecule has 1 aliphatic rings. The van der Waals surface area contributed by atoms with E-state index in [0.29, 0.717) is 24.0 Å². The number of hydrogen-bond donors (Lipinski definition) is 2. The van der Waals surface area contributed by atoms with Gasteiger partial charge in [-0.25, -0.2) is 4.79 Å². The third-order valence-electron chi connectivity index (χ3n) is 3.34. The molecule has 1 heterocycles. The molecule has 0 radical (unpaired) electrons. The molecule has 1 aromatic rings. The van der Waals surface area contributed by atoms with Crippen LogP contribution in [-0.4, -0.2) is 31.8 Å². The highest BCUT2D eigenvalue weighted by atomic mass is 16.5. The number of ether oxygens (including phenoxy) is 2. The molecule has 1 saturated heterocycles.